The first-order valence-corrected chi connectivity index (χ1v) is 33.6. The maximum absolute atomic E-state index is 13.2. The summed E-state index contributed by atoms with van der Waals surface area (Å²) in [6, 6.07) is 29.0. The van der Waals surface area contributed by atoms with E-state index in [1.54, 1.807) is 75.8 Å². The smallest absolute Gasteiger partial charge is 0.251 e. The second-order valence-electron chi connectivity index (χ2n) is 24.5. The zero-order valence-corrected chi connectivity index (χ0v) is 55.0. The molecule has 3 N–H and O–H groups in total. The lowest BCUT2D eigenvalue weighted by molar-refractivity contribution is 0.0730. The molecule has 16 rings (SSSR count). The first-order valence-electron chi connectivity index (χ1n) is 32.2. The Labute approximate surface area is 558 Å². The predicted octanol–water partition coefficient (Wildman–Crippen LogP) is 9.22. The second-order valence-corrected chi connectivity index (χ2v) is 26.5. The molecule has 25 nitrogen and oxygen atoms in total. The van der Waals surface area contributed by atoms with Gasteiger partial charge in [0.25, 0.3) is 17.7 Å². The third-order valence-corrected chi connectivity index (χ3v) is 19.3. The van der Waals surface area contributed by atoms with E-state index >= 15 is 0 Å². The Bertz CT molecular complexity index is 5040. The number of aryl methyl sites for hydroxylation is 3. The summed E-state index contributed by atoms with van der Waals surface area (Å²) in [6.45, 7) is 8.52. The number of nitrogens with one attached hydrogen (secondary N) is 3. The Balaban J connectivity index is 0.000000125. The van der Waals surface area contributed by atoms with Crippen LogP contribution in [0.5, 0.6) is 11.5 Å². The average Bonchev–Trinajstić information content (AvgIpc) is 1.73. The number of methoxy groups -OCH3 is 2. The van der Waals surface area contributed by atoms with Crippen LogP contribution in [0.4, 0.5) is 0 Å². The normalized spacial score (nSPS) is 14.8. The summed E-state index contributed by atoms with van der Waals surface area (Å²) in [7, 11) is -0.373. The van der Waals surface area contributed by atoms with Crippen molar-refractivity contribution in [1.29, 1.82) is 0 Å². The number of amides is 3. The number of fused-ring (bicyclic) bond motifs is 3. The van der Waals surface area contributed by atoms with Gasteiger partial charge in [-0.1, -0.05) is 18.2 Å². The molecule has 9 aromatic heterocycles. The van der Waals surface area contributed by atoms with Crippen LogP contribution in [0.3, 0.4) is 0 Å². The van der Waals surface area contributed by atoms with Crippen LogP contribution in [-0.4, -0.2) is 160 Å². The lowest BCUT2D eigenvalue weighted by atomic mass is 10.0. The zero-order chi connectivity index (χ0) is 66.9. The van der Waals surface area contributed by atoms with Crippen molar-refractivity contribution >= 4 is 44.7 Å². The molecule has 3 aromatic carbocycles. The number of aromatic nitrogens is 12. The Morgan fingerprint density at radius 1 is 0.495 bits per heavy atom. The molecule has 0 spiro atoms. The monoisotopic (exact) mass is 1320 g/mol. The molecule has 10 heterocycles. The number of benzene rings is 3. The summed E-state index contributed by atoms with van der Waals surface area (Å²) in [4.78, 5) is 51.0. The van der Waals surface area contributed by atoms with E-state index in [-0.39, 0.29) is 28.7 Å². The maximum atomic E-state index is 13.2. The first kappa shape index (κ1) is 63.6. The van der Waals surface area contributed by atoms with Crippen molar-refractivity contribution in [3.05, 3.63) is 199 Å². The molecular weight excluding hydrogens is 1250 g/mol. The van der Waals surface area contributed by atoms with E-state index in [1.807, 2.05) is 152 Å². The van der Waals surface area contributed by atoms with Gasteiger partial charge in [-0.3, -0.25) is 27.6 Å². The summed E-state index contributed by atoms with van der Waals surface area (Å²) in [5.41, 5.74) is 13.0. The molecule has 4 fully saturated rings. The van der Waals surface area contributed by atoms with Crippen molar-refractivity contribution < 1.29 is 41.7 Å². The van der Waals surface area contributed by atoms with Crippen LogP contribution in [0.2, 0.25) is 0 Å². The van der Waals surface area contributed by atoms with E-state index in [4.69, 9.17) is 18.9 Å². The SMILES string of the molecule is COCCOc1ccn2c(-n3cc(-c4cc(C(=O)NC5CC5)ccc4C)cn3)cnc2c1.COc1ccn2c(-n3cc(-c4cc(C(=O)NC5CC5)ccc4C)cn3)cnc2c1.Cc1ccc(C(=O)NC2CC2)cc1-c1cnn(-c2cnc3ccc(S(=O)(=O)N4CCOCC4)cn23)c1. The van der Waals surface area contributed by atoms with Crippen LogP contribution in [0, 0.1) is 20.8 Å². The lowest BCUT2D eigenvalue weighted by Gasteiger charge is -2.26. The van der Waals surface area contributed by atoms with Gasteiger partial charge in [0.1, 0.15) is 35.0 Å². The van der Waals surface area contributed by atoms with Crippen molar-refractivity contribution in [3.8, 4) is 62.3 Å². The number of imidazole rings is 3. The van der Waals surface area contributed by atoms with Crippen molar-refractivity contribution in [2.75, 3.05) is 53.7 Å². The second kappa shape index (κ2) is 27.1. The maximum Gasteiger partial charge on any atom is 0.251 e. The van der Waals surface area contributed by atoms with Crippen LogP contribution >= 0.6 is 0 Å². The van der Waals surface area contributed by atoms with Gasteiger partial charge in [-0.2, -0.15) is 19.6 Å². The fourth-order valence-electron chi connectivity index (χ4n) is 11.4. The highest BCUT2D eigenvalue weighted by atomic mass is 32.2. The summed E-state index contributed by atoms with van der Waals surface area (Å²) in [5, 5.41) is 22.7. The van der Waals surface area contributed by atoms with Crippen LogP contribution in [0.15, 0.2) is 170 Å². The van der Waals surface area contributed by atoms with Gasteiger partial charge < -0.3 is 34.9 Å². The van der Waals surface area contributed by atoms with E-state index in [9.17, 15) is 22.8 Å². The van der Waals surface area contributed by atoms with E-state index in [2.05, 4.69) is 46.2 Å². The predicted molar refractivity (Wildman–Crippen MR) is 362 cm³/mol. The van der Waals surface area contributed by atoms with Gasteiger partial charge in [-0.05, 0) is 153 Å². The largest absolute Gasteiger partial charge is 0.497 e. The van der Waals surface area contributed by atoms with E-state index in [0.29, 0.717) is 79.8 Å². The minimum Gasteiger partial charge on any atom is -0.497 e. The first-order chi connectivity index (χ1) is 47.1. The number of ether oxygens (including phenoxy) is 4. The summed E-state index contributed by atoms with van der Waals surface area (Å²) < 4.78 is 59.9. The van der Waals surface area contributed by atoms with Crippen LogP contribution in [-0.2, 0) is 19.5 Å². The Hall–Kier alpha value is -10.8. The summed E-state index contributed by atoms with van der Waals surface area (Å²) in [5.74, 6) is 3.64. The highest BCUT2D eigenvalue weighted by Crippen LogP contribution is 2.32. The molecule has 0 radical (unpaired) electrons. The minimum absolute atomic E-state index is 0.0168. The third-order valence-electron chi connectivity index (χ3n) is 17.4. The molecule has 3 saturated carbocycles. The van der Waals surface area contributed by atoms with Gasteiger partial charge in [0.05, 0.1) is 69.0 Å². The molecule has 496 valence electrons. The number of carbonyl (C=O) groups is 3. The number of morpholine rings is 1. The zero-order valence-electron chi connectivity index (χ0n) is 54.2. The Morgan fingerprint density at radius 3 is 1.35 bits per heavy atom. The molecule has 3 amide bonds. The van der Waals surface area contributed by atoms with E-state index in [0.717, 1.165) is 123 Å². The molecule has 3 aliphatic carbocycles. The number of nitrogens with zero attached hydrogens (tertiary/aromatic N) is 13. The average molecular weight is 1330 g/mol. The molecular formula is C71H72N16O9S. The summed E-state index contributed by atoms with van der Waals surface area (Å²) in [6.07, 6.45) is 28.1. The van der Waals surface area contributed by atoms with Gasteiger partial charge in [-0.25, -0.2) is 37.4 Å². The molecule has 0 unspecified atom stereocenters. The number of hydrogen-bond donors (Lipinski definition) is 3. The molecule has 0 bridgehead atoms. The molecule has 0 atom stereocenters. The number of carbonyl (C=O) groups excluding carboxylic acids is 3. The highest BCUT2D eigenvalue weighted by Gasteiger charge is 2.29. The van der Waals surface area contributed by atoms with Gasteiger partial charge >= 0.3 is 0 Å². The van der Waals surface area contributed by atoms with Crippen molar-refractivity contribution in [3.63, 3.8) is 0 Å². The van der Waals surface area contributed by atoms with Crippen LogP contribution in [0.25, 0.3) is 67.8 Å². The molecule has 12 aromatic rings. The number of hydrogen-bond acceptors (Lipinski definition) is 15. The lowest BCUT2D eigenvalue weighted by Crippen LogP contribution is -2.40. The molecule has 1 aliphatic heterocycles. The fraction of sp³-hybridized carbons (Fsp3) is 0.282. The van der Waals surface area contributed by atoms with E-state index in [1.165, 1.54) is 4.31 Å². The Kier molecular flexibility index (Phi) is 17.8. The standard InChI is InChI=1S/C25H26N6O4S.C24H25N5O3.C22H21N5O2/c1-17-2-3-18(25(32)28-20-4-5-20)12-22(17)19-13-27-31(15-19)24-14-26-23-7-6-21(16-30(23)24)36(33,34)29-8-10-35-11-9-29;1-16-3-4-17(24(30)27-19-5-6-19)11-21(16)18-13-26-29(15-18)23-14-25-22-12-20(7-8-28(22)23)32-10-9-31-2;1-14-3-4-15(22(28)25-17-5-6-17)9-19(14)16-11-24-27(13-16)21-12-23-20-10-18(29-2)7-8-26(20)21/h2-3,6-7,12-16,20H,4-5,8-11H2,1H3,(H,28,32);3-4,7-8,11-15,19H,5-6,9-10H2,1-2H3,(H,27,30);3-4,7-13,17H,5-6H2,1-2H3,(H,25,28). The minimum atomic E-state index is -3.65. The highest BCUT2D eigenvalue weighted by molar-refractivity contribution is 7.89. The van der Waals surface area contributed by atoms with Gasteiger partial charge in [0.2, 0.25) is 10.0 Å². The van der Waals surface area contributed by atoms with Crippen LogP contribution < -0.4 is 25.4 Å². The topological polar surface area (TPSA) is 267 Å². The molecule has 97 heavy (non-hydrogen) atoms. The fourth-order valence-corrected chi connectivity index (χ4v) is 12.8. The Morgan fingerprint density at radius 2 is 0.918 bits per heavy atom. The van der Waals surface area contributed by atoms with Gasteiger partial charge in [0.15, 0.2) is 17.5 Å². The molecule has 4 aliphatic rings. The van der Waals surface area contributed by atoms with Gasteiger partial charge in [0, 0.05) is 121 Å². The molecule has 26 heteroatoms. The number of pyridine rings is 3. The number of sulfonamides is 1. The quantitative estimate of drug-likeness (QED) is 0.0637. The van der Waals surface area contributed by atoms with Crippen molar-refractivity contribution in [2.45, 2.75) is 82.3 Å². The van der Waals surface area contributed by atoms with E-state index < -0.39 is 10.0 Å². The van der Waals surface area contributed by atoms with Gasteiger partial charge in [-0.15, -0.1) is 0 Å². The van der Waals surface area contributed by atoms with Crippen molar-refractivity contribution in [2.24, 2.45) is 0 Å². The van der Waals surface area contributed by atoms with Crippen LogP contribution in [0.1, 0.15) is 86.3 Å². The number of rotatable bonds is 19. The summed E-state index contributed by atoms with van der Waals surface area (Å²) >= 11 is 0. The third kappa shape index (κ3) is 14.0. The van der Waals surface area contributed by atoms with Crippen molar-refractivity contribution in [1.82, 2.24) is 77.8 Å². The molecule has 1 saturated heterocycles.